The molecule has 25 heavy (non-hydrogen) atoms. The standard InChI is InChI=1S/C17H24N6O2/c24-17(13-3-1-2-4-13)18-5-6-23-16-14(11-21-23)15(19-12-20-16)22-7-9-25-10-8-22/h11-13H,1-10H2,(H,18,24). The predicted molar refractivity (Wildman–Crippen MR) is 93.3 cm³/mol. The highest BCUT2D eigenvalue weighted by atomic mass is 16.5. The molecule has 2 aromatic rings. The van der Waals surface area contributed by atoms with Gasteiger partial charge in [-0.05, 0) is 12.8 Å². The van der Waals surface area contributed by atoms with E-state index < -0.39 is 0 Å². The monoisotopic (exact) mass is 344 g/mol. The van der Waals surface area contributed by atoms with Gasteiger partial charge < -0.3 is 15.0 Å². The highest BCUT2D eigenvalue weighted by Crippen LogP contribution is 2.25. The van der Waals surface area contributed by atoms with E-state index in [0.29, 0.717) is 26.3 Å². The van der Waals surface area contributed by atoms with E-state index in [1.165, 1.54) is 12.8 Å². The second-order valence-electron chi connectivity index (χ2n) is 6.67. The normalized spacial score (nSPS) is 18.8. The Labute approximate surface area is 146 Å². The van der Waals surface area contributed by atoms with Gasteiger partial charge in [0.25, 0.3) is 0 Å². The number of amides is 1. The van der Waals surface area contributed by atoms with Gasteiger partial charge >= 0.3 is 0 Å². The summed E-state index contributed by atoms with van der Waals surface area (Å²) < 4.78 is 7.25. The fourth-order valence-electron chi connectivity index (χ4n) is 3.69. The number of fused-ring (bicyclic) bond motifs is 1. The third-order valence-corrected chi connectivity index (χ3v) is 5.07. The molecule has 1 saturated carbocycles. The van der Waals surface area contributed by atoms with Gasteiger partial charge in [0.1, 0.15) is 12.1 Å². The van der Waals surface area contributed by atoms with Crippen molar-refractivity contribution >= 4 is 22.8 Å². The zero-order valence-electron chi connectivity index (χ0n) is 14.4. The number of nitrogens with zero attached hydrogens (tertiary/aromatic N) is 5. The van der Waals surface area contributed by atoms with Crippen LogP contribution >= 0.6 is 0 Å². The van der Waals surface area contributed by atoms with Gasteiger partial charge in [-0.1, -0.05) is 12.8 Å². The van der Waals surface area contributed by atoms with Gasteiger partial charge in [0.15, 0.2) is 5.65 Å². The van der Waals surface area contributed by atoms with Crippen molar-refractivity contribution in [3.8, 4) is 0 Å². The van der Waals surface area contributed by atoms with E-state index in [-0.39, 0.29) is 11.8 Å². The van der Waals surface area contributed by atoms with Gasteiger partial charge in [-0.25, -0.2) is 14.6 Å². The Hall–Kier alpha value is -2.22. The van der Waals surface area contributed by atoms with Crippen molar-refractivity contribution in [3.05, 3.63) is 12.5 Å². The molecule has 4 rings (SSSR count). The highest BCUT2D eigenvalue weighted by Gasteiger charge is 2.22. The number of hydrogen-bond acceptors (Lipinski definition) is 6. The molecule has 1 saturated heterocycles. The molecule has 0 aromatic carbocycles. The Balaban J connectivity index is 1.43. The molecule has 8 nitrogen and oxygen atoms in total. The molecule has 8 heteroatoms. The number of rotatable bonds is 5. The molecule has 0 spiro atoms. The Kier molecular flexibility index (Phi) is 4.78. The molecule has 1 amide bonds. The number of nitrogens with one attached hydrogen (secondary N) is 1. The van der Waals surface area contributed by atoms with Crippen LogP contribution in [0.25, 0.3) is 11.0 Å². The summed E-state index contributed by atoms with van der Waals surface area (Å²) in [5.41, 5.74) is 0.812. The number of morpholine rings is 1. The summed E-state index contributed by atoms with van der Waals surface area (Å²) in [6.07, 6.45) is 7.78. The molecular formula is C17H24N6O2. The molecule has 0 unspecified atom stereocenters. The summed E-state index contributed by atoms with van der Waals surface area (Å²) in [7, 11) is 0. The predicted octanol–water partition coefficient (Wildman–Crippen LogP) is 0.969. The third-order valence-electron chi connectivity index (χ3n) is 5.07. The summed E-state index contributed by atoms with van der Waals surface area (Å²) in [4.78, 5) is 23.2. The maximum atomic E-state index is 12.1. The highest BCUT2D eigenvalue weighted by molar-refractivity contribution is 5.86. The zero-order valence-corrected chi connectivity index (χ0v) is 14.4. The Morgan fingerprint density at radius 1 is 1.24 bits per heavy atom. The van der Waals surface area contributed by atoms with Crippen LogP contribution in [0.15, 0.2) is 12.5 Å². The molecule has 2 aromatic heterocycles. The molecule has 0 atom stereocenters. The average molecular weight is 344 g/mol. The van der Waals surface area contributed by atoms with Gasteiger partial charge in [0.2, 0.25) is 5.91 Å². The summed E-state index contributed by atoms with van der Waals surface area (Å²) in [6, 6.07) is 0. The zero-order chi connectivity index (χ0) is 17.1. The molecule has 2 aliphatic rings. The Morgan fingerprint density at radius 3 is 2.84 bits per heavy atom. The largest absolute Gasteiger partial charge is 0.378 e. The van der Waals surface area contributed by atoms with Crippen LogP contribution < -0.4 is 10.2 Å². The molecule has 1 aliphatic heterocycles. The molecule has 1 N–H and O–H groups in total. The smallest absolute Gasteiger partial charge is 0.223 e. The van der Waals surface area contributed by atoms with Crippen molar-refractivity contribution in [2.45, 2.75) is 32.2 Å². The van der Waals surface area contributed by atoms with Crippen LogP contribution in [0.5, 0.6) is 0 Å². The molecule has 3 heterocycles. The van der Waals surface area contributed by atoms with Crippen molar-refractivity contribution in [2.24, 2.45) is 5.92 Å². The fourth-order valence-corrected chi connectivity index (χ4v) is 3.69. The van der Waals surface area contributed by atoms with Crippen LogP contribution in [0, 0.1) is 5.92 Å². The van der Waals surface area contributed by atoms with Crippen LogP contribution in [-0.4, -0.2) is 58.5 Å². The number of aromatic nitrogens is 4. The number of carbonyl (C=O) groups is 1. The van der Waals surface area contributed by atoms with Gasteiger partial charge in [0.05, 0.1) is 31.3 Å². The number of anilines is 1. The van der Waals surface area contributed by atoms with Crippen molar-refractivity contribution < 1.29 is 9.53 Å². The number of ether oxygens (including phenoxy) is 1. The Bertz CT molecular complexity index is 734. The van der Waals surface area contributed by atoms with Crippen molar-refractivity contribution in [3.63, 3.8) is 0 Å². The lowest BCUT2D eigenvalue weighted by Crippen LogP contribution is -2.36. The van der Waals surface area contributed by atoms with Gasteiger partial charge in [-0.3, -0.25) is 4.79 Å². The van der Waals surface area contributed by atoms with E-state index in [9.17, 15) is 4.79 Å². The third kappa shape index (κ3) is 3.44. The van der Waals surface area contributed by atoms with Crippen LogP contribution in [-0.2, 0) is 16.1 Å². The minimum absolute atomic E-state index is 0.178. The first-order valence-electron chi connectivity index (χ1n) is 9.10. The summed E-state index contributed by atoms with van der Waals surface area (Å²) in [6.45, 7) is 4.27. The fraction of sp³-hybridized carbons (Fsp3) is 0.647. The SMILES string of the molecule is O=C(NCCn1ncc2c(N3CCOCC3)ncnc21)C1CCCC1. The summed E-state index contributed by atoms with van der Waals surface area (Å²) >= 11 is 0. The van der Waals surface area contributed by atoms with E-state index in [1.807, 2.05) is 10.9 Å². The van der Waals surface area contributed by atoms with E-state index in [4.69, 9.17) is 4.74 Å². The Morgan fingerprint density at radius 2 is 2.04 bits per heavy atom. The first kappa shape index (κ1) is 16.3. The lowest BCUT2D eigenvalue weighted by Gasteiger charge is -2.27. The van der Waals surface area contributed by atoms with E-state index >= 15 is 0 Å². The number of carbonyl (C=O) groups excluding carboxylic acids is 1. The lowest BCUT2D eigenvalue weighted by molar-refractivity contribution is -0.124. The minimum atomic E-state index is 0.178. The first-order chi connectivity index (χ1) is 12.3. The molecule has 1 aliphatic carbocycles. The second-order valence-corrected chi connectivity index (χ2v) is 6.67. The molecular weight excluding hydrogens is 320 g/mol. The van der Waals surface area contributed by atoms with Gasteiger partial charge in [0, 0.05) is 25.6 Å². The van der Waals surface area contributed by atoms with E-state index in [1.54, 1.807) is 6.33 Å². The van der Waals surface area contributed by atoms with Crippen molar-refractivity contribution in [1.29, 1.82) is 0 Å². The molecule has 0 radical (unpaired) electrons. The molecule has 2 fully saturated rings. The van der Waals surface area contributed by atoms with Crippen molar-refractivity contribution in [2.75, 3.05) is 37.7 Å². The lowest BCUT2D eigenvalue weighted by atomic mass is 10.1. The molecule has 134 valence electrons. The second kappa shape index (κ2) is 7.35. The van der Waals surface area contributed by atoms with Crippen molar-refractivity contribution in [1.82, 2.24) is 25.1 Å². The molecule has 0 bridgehead atoms. The van der Waals surface area contributed by atoms with Gasteiger partial charge in [-0.2, -0.15) is 5.10 Å². The van der Waals surface area contributed by atoms with Crippen LogP contribution in [0.3, 0.4) is 0 Å². The topological polar surface area (TPSA) is 85.2 Å². The van der Waals surface area contributed by atoms with E-state index in [0.717, 1.165) is 42.8 Å². The summed E-state index contributed by atoms with van der Waals surface area (Å²) in [5, 5.41) is 8.44. The first-order valence-corrected chi connectivity index (χ1v) is 9.10. The van der Waals surface area contributed by atoms with Gasteiger partial charge in [-0.15, -0.1) is 0 Å². The quantitative estimate of drug-likeness (QED) is 0.870. The van der Waals surface area contributed by atoms with E-state index in [2.05, 4.69) is 25.3 Å². The average Bonchev–Trinajstić information content (AvgIpc) is 3.32. The summed E-state index contributed by atoms with van der Waals surface area (Å²) in [5.74, 6) is 1.29. The number of hydrogen-bond donors (Lipinski definition) is 1. The van der Waals surface area contributed by atoms with Crippen LogP contribution in [0.2, 0.25) is 0 Å². The maximum absolute atomic E-state index is 12.1. The van der Waals surface area contributed by atoms with Crippen LogP contribution in [0.1, 0.15) is 25.7 Å². The minimum Gasteiger partial charge on any atom is -0.378 e. The van der Waals surface area contributed by atoms with Crippen LogP contribution in [0.4, 0.5) is 5.82 Å². The maximum Gasteiger partial charge on any atom is 0.223 e.